The van der Waals surface area contributed by atoms with Gasteiger partial charge >= 0.3 is 6.09 Å². The van der Waals surface area contributed by atoms with Crippen molar-refractivity contribution in [2.45, 2.75) is 13.8 Å². The first-order chi connectivity index (χ1) is 5.34. The van der Waals surface area contributed by atoms with Crippen LogP contribution in [0.1, 0.15) is 13.8 Å². The standard InChI is InChI=1S/C5H8N2O2.C2H6/c1-9-5(8)7-3-2-6-4-7;1-2/h2-3,6H,4H2,1H3;1-2H3. The van der Waals surface area contributed by atoms with E-state index >= 15 is 0 Å². The first-order valence-corrected chi connectivity index (χ1v) is 3.59. The Kier molecular flexibility index (Phi) is 4.98. The first kappa shape index (κ1) is 9.81. The largest absolute Gasteiger partial charge is 0.452 e. The minimum absolute atomic E-state index is 0.337. The van der Waals surface area contributed by atoms with E-state index in [9.17, 15) is 4.79 Å². The number of hydrogen-bond acceptors (Lipinski definition) is 3. The molecule has 1 amide bonds. The predicted octanol–water partition coefficient (Wildman–Crippen LogP) is 1.11. The summed E-state index contributed by atoms with van der Waals surface area (Å²) in [5.74, 6) is 0. The van der Waals surface area contributed by atoms with Crippen molar-refractivity contribution < 1.29 is 9.53 Å². The van der Waals surface area contributed by atoms with E-state index in [0.29, 0.717) is 6.67 Å². The third-order valence-electron chi connectivity index (χ3n) is 1.04. The molecule has 0 radical (unpaired) electrons. The van der Waals surface area contributed by atoms with Gasteiger partial charge in [-0.3, -0.25) is 4.90 Å². The molecule has 0 aromatic carbocycles. The molecule has 11 heavy (non-hydrogen) atoms. The maximum absolute atomic E-state index is 10.6. The molecule has 1 aliphatic heterocycles. The summed E-state index contributed by atoms with van der Waals surface area (Å²) in [5.41, 5.74) is 0. The fourth-order valence-electron chi connectivity index (χ4n) is 0.589. The van der Waals surface area contributed by atoms with E-state index in [4.69, 9.17) is 0 Å². The second-order valence-electron chi connectivity index (χ2n) is 1.62. The molecule has 4 nitrogen and oxygen atoms in total. The molecule has 0 fully saturated rings. The van der Waals surface area contributed by atoms with Gasteiger partial charge < -0.3 is 10.1 Å². The van der Waals surface area contributed by atoms with Gasteiger partial charge in [-0.2, -0.15) is 0 Å². The Morgan fingerprint density at radius 3 is 2.64 bits per heavy atom. The number of hydrogen-bond donors (Lipinski definition) is 1. The fourth-order valence-corrected chi connectivity index (χ4v) is 0.589. The van der Waals surface area contributed by atoms with Gasteiger partial charge in [0.25, 0.3) is 0 Å². The number of methoxy groups -OCH3 is 1. The average Bonchev–Trinajstić information content (AvgIpc) is 2.59. The molecule has 1 heterocycles. The molecule has 64 valence electrons. The summed E-state index contributed by atoms with van der Waals surface area (Å²) < 4.78 is 4.43. The van der Waals surface area contributed by atoms with Crippen LogP contribution in [-0.4, -0.2) is 24.8 Å². The molecule has 4 heteroatoms. The van der Waals surface area contributed by atoms with Crippen LogP contribution in [0.25, 0.3) is 0 Å². The average molecular weight is 158 g/mol. The molecular weight excluding hydrogens is 144 g/mol. The van der Waals surface area contributed by atoms with Gasteiger partial charge in [-0.25, -0.2) is 4.79 Å². The zero-order chi connectivity index (χ0) is 8.69. The summed E-state index contributed by atoms with van der Waals surface area (Å²) in [6.45, 7) is 4.51. The summed E-state index contributed by atoms with van der Waals surface area (Å²) in [5, 5.41) is 2.83. The number of rotatable bonds is 0. The van der Waals surface area contributed by atoms with Gasteiger partial charge in [-0.15, -0.1) is 0 Å². The second kappa shape index (κ2) is 5.58. The number of carbonyl (C=O) groups is 1. The monoisotopic (exact) mass is 158 g/mol. The lowest BCUT2D eigenvalue weighted by Crippen LogP contribution is -2.27. The van der Waals surface area contributed by atoms with Crippen LogP contribution in [0.15, 0.2) is 12.4 Å². The second-order valence-corrected chi connectivity index (χ2v) is 1.62. The highest BCUT2D eigenvalue weighted by atomic mass is 16.5. The van der Waals surface area contributed by atoms with Crippen LogP contribution < -0.4 is 5.32 Å². The molecule has 0 spiro atoms. The van der Waals surface area contributed by atoms with Gasteiger partial charge in [0.05, 0.1) is 13.8 Å². The Hall–Kier alpha value is -1.19. The van der Waals surface area contributed by atoms with Crippen molar-refractivity contribution in [3.05, 3.63) is 12.4 Å². The highest BCUT2D eigenvalue weighted by Crippen LogP contribution is 1.95. The zero-order valence-electron chi connectivity index (χ0n) is 7.13. The number of nitrogens with one attached hydrogen (secondary N) is 1. The highest BCUT2D eigenvalue weighted by Gasteiger charge is 2.11. The van der Waals surface area contributed by atoms with E-state index in [2.05, 4.69) is 10.1 Å². The SMILES string of the molecule is CC.COC(=O)N1C=CNC1. The molecule has 0 bridgehead atoms. The molecular formula is C7H14N2O2. The molecule has 0 aromatic rings. The van der Waals surface area contributed by atoms with Crippen molar-refractivity contribution >= 4 is 6.09 Å². The minimum Gasteiger partial charge on any atom is -0.452 e. The Bertz CT molecular complexity index is 145. The molecule has 0 atom stereocenters. The third kappa shape index (κ3) is 2.93. The fraction of sp³-hybridized carbons (Fsp3) is 0.571. The van der Waals surface area contributed by atoms with Crippen LogP contribution in [0.3, 0.4) is 0 Å². The lowest BCUT2D eigenvalue weighted by molar-refractivity contribution is 0.141. The van der Waals surface area contributed by atoms with E-state index in [0.717, 1.165) is 0 Å². The van der Waals surface area contributed by atoms with Crippen LogP contribution in [0.4, 0.5) is 4.79 Å². The van der Waals surface area contributed by atoms with Crippen LogP contribution >= 0.6 is 0 Å². The van der Waals surface area contributed by atoms with Gasteiger partial charge in [0.2, 0.25) is 0 Å². The van der Waals surface area contributed by atoms with E-state index in [1.54, 1.807) is 12.4 Å². The summed E-state index contributed by atoms with van der Waals surface area (Å²) in [6, 6.07) is 0. The summed E-state index contributed by atoms with van der Waals surface area (Å²) in [7, 11) is 1.36. The van der Waals surface area contributed by atoms with Gasteiger partial charge in [0, 0.05) is 12.4 Å². The third-order valence-corrected chi connectivity index (χ3v) is 1.04. The van der Waals surface area contributed by atoms with E-state index in [-0.39, 0.29) is 6.09 Å². The van der Waals surface area contributed by atoms with E-state index < -0.39 is 0 Å². The predicted molar refractivity (Wildman–Crippen MR) is 42.7 cm³/mol. The smallest absolute Gasteiger partial charge is 0.415 e. The van der Waals surface area contributed by atoms with Gasteiger partial charge in [0.1, 0.15) is 0 Å². The molecule has 1 aliphatic rings. The molecule has 0 saturated heterocycles. The van der Waals surface area contributed by atoms with Crippen molar-refractivity contribution in [2.75, 3.05) is 13.8 Å². The van der Waals surface area contributed by atoms with Gasteiger partial charge in [0.15, 0.2) is 0 Å². The maximum atomic E-state index is 10.6. The van der Waals surface area contributed by atoms with Gasteiger partial charge in [-0.1, -0.05) is 13.8 Å². The summed E-state index contributed by atoms with van der Waals surface area (Å²) in [4.78, 5) is 12.1. The molecule has 0 aromatic heterocycles. The van der Waals surface area contributed by atoms with Crippen molar-refractivity contribution in [1.82, 2.24) is 10.2 Å². The van der Waals surface area contributed by atoms with Crippen LogP contribution in [0.5, 0.6) is 0 Å². The first-order valence-electron chi connectivity index (χ1n) is 3.59. The topological polar surface area (TPSA) is 41.6 Å². The van der Waals surface area contributed by atoms with E-state index in [1.807, 2.05) is 13.8 Å². The van der Waals surface area contributed by atoms with Crippen LogP contribution in [0, 0.1) is 0 Å². The normalized spacial score (nSPS) is 13.2. The summed E-state index contributed by atoms with van der Waals surface area (Å²) >= 11 is 0. The Balaban J connectivity index is 0.000000461. The van der Waals surface area contributed by atoms with Crippen molar-refractivity contribution in [3.8, 4) is 0 Å². The van der Waals surface area contributed by atoms with Crippen molar-refractivity contribution in [2.24, 2.45) is 0 Å². The van der Waals surface area contributed by atoms with E-state index in [1.165, 1.54) is 12.0 Å². The zero-order valence-corrected chi connectivity index (χ0v) is 7.13. The molecule has 1 rings (SSSR count). The highest BCUT2D eigenvalue weighted by molar-refractivity contribution is 5.68. The Morgan fingerprint density at radius 2 is 2.27 bits per heavy atom. The summed E-state index contributed by atoms with van der Waals surface area (Å²) in [6.07, 6.45) is 2.99. The Morgan fingerprint density at radius 1 is 1.64 bits per heavy atom. The molecule has 0 unspecified atom stereocenters. The van der Waals surface area contributed by atoms with Gasteiger partial charge in [-0.05, 0) is 0 Å². The van der Waals surface area contributed by atoms with Crippen molar-refractivity contribution in [3.63, 3.8) is 0 Å². The lowest BCUT2D eigenvalue weighted by Gasteiger charge is -2.09. The number of nitrogens with zero attached hydrogens (tertiary/aromatic N) is 1. The molecule has 1 N–H and O–H groups in total. The number of carbonyl (C=O) groups excluding carboxylic acids is 1. The molecule has 0 aliphatic carbocycles. The number of ether oxygens (including phenoxy) is 1. The molecule has 0 saturated carbocycles. The lowest BCUT2D eigenvalue weighted by atomic mass is 10.8. The van der Waals surface area contributed by atoms with Crippen LogP contribution in [-0.2, 0) is 4.74 Å². The Labute approximate surface area is 66.8 Å². The van der Waals surface area contributed by atoms with Crippen molar-refractivity contribution in [1.29, 1.82) is 0 Å². The maximum Gasteiger partial charge on any atom is 0.415 e. The number of amides is 1. The van der Waals surface area contributed by atoms with Crippen LogP contribution in [0.2, 0.25) is 0 Å². The minimum atomic E-state index is -0.337. The quantitative estimate of drug-likeness (QED) is 0.574.